The molecule has 0 saturated heterocycles. The molecule has 128 valence electrons. The van der Waals surface area contributed by atoms with E-state index in [1.165, 1.54) is 17.0 Å². The van der Waals surface area contributed by atoms with Crippen molar-refractivity contribution < 1.29 is 14.0 Å². The minimum atomic E-state index is -0.552. The van der Waals surface area contributed by atoms with E-state index in [9.17, 15) is 14.0 Å². The quantitative estimate of drug-likeness (QED) is 0.742. The number of carbonyl (C=O) groups is 2. The third kappa shape index (κ3) is 5.98. The van der Waals surface area contributed by atoms with Crippen molar-refractivity contribution >= 4 is 11.8 Å². The van der Waals surface area contributed by atoms with Crippen molar-refractivity contribution in [1.29, 1.82) is 0 Å². The highest BCUT2D eigenvalue weighted by molar-refractivity contribution is 5.88. The lowest BCUT2D eigenvalue weighted by molar-refractivity contribution is -0.138. The van der Waals surface area contributed by atoms with Gasteiger partial charge in [0.15, 0.2) is 0 Å². The van der Waals surface area contributed by atoms with E-state index in [-0.39, 0.29) is 24.2 Å². The molecule has 1 N–H and O–H groups in total. The van der Waals surface area contributed by atoms with Crippen molar-refractivity contribution in [2.45, 2.75) is 25.8 Å². The van der Waals surface area contributed by atoms with Crippen LogP contribution in [0.4, 0.5) is 4.39 Å². The summed E-state index contributed by atoms with van der Waals surface area (Å²) >= 11 is 0. The molecule has 0 fully saturated rings. The Hall–Kier alpha value is -1.95. The fraction of sp³-hybridized carbons (Fsp3) is 0.529. The Kier molecular flexibility index (Phi) is 7.68. The number of nitrogens with zero attached hydrogens (tertiary/aromatic N) is 2. The number of hydrogen-bond acceptors (Lipinski definition) is 3. The van der Waals surface area contributed by atoms with Gasteiger partial charge in [0.25, 0.3) is 0 Å². The zero-order valence-corrected chi connectivity index (χ0v) is 14.3. The molecule has 0 spiro atoms. The normalized spacial score (nSPS) is 12.1. The van der Waals surface area contributed by atoms with Crippen molar-refractivity contribution in [3.8, 4) is 0 Å². The number of amides is 2. The third-order valence-corrected chi connectivity index (χ3v) is 3.55. The Morgan fingerprint density at radius 3 is 2.30 bits per heavy atom. The van der Waals surface area contributed by atoms with Gasteiger partial charge in [-0.2, -0.15) is 0 Å². The first-order valence-corrected chi connectivity index (χ1v) is 7.80. The molecule has 1 rings (SSSR count). The van der Waals surface area contributed by atoms with Crippen molar-refractivity contribution in [3.05, 3.63) is 35.6 Å². The monoisotopic (exact) mass is 323 g/mol. The van der Waals surface area contributed by atoms with E-state index >= 15 is 0 Å². The maximum absolute atomic E-state index is 13.1. The molecule has 1 aromatic rings. The molecule has 0 saturated carbocycles. The molecule has 1 atom stereocenters. The second-order valence-corrected chi connectivity index (χ2v) is 5.82. The first-order chi connectivity index (χ1) is 10.9. The molecule has 0 unspecified atom stereocenters. The van der Waals surface area contributed by atoms with E-state index in [2.05, 4.69) is 5.32 Å². The first-order valence-electron chi connectivity index (χ1n) is 7.80. The van der Waals surface area contributed by atoms with E-state index < -0.39 is 6.04 Å². The van der Waals surface area contributed by atoms with Crippen LogP contribution in [-0.4, -0.2) is 55.8 Å². The van der Waals surface area contributed by atoms with E-state index in [0.717, 1.165) is 12.8 Å². The molecular weight excluding hydrogens is 297 g/mol. The minimum Gasteiger partial charge on any atom is -0.355 e. The predicted octanol–water partition coefficient (Wildman–Crippen LogP) is 1.80. The van der Waals surface area contributed by atoms with Gasteiger partial charge in [-0.3, -0.25) is 14.5 Å². The van der Waals surface area contributed by atoms with E-state index in [0.29, 0.717) is 12.1 Å². The topological polar surface area (TPSA) is 52.7 Å². The standard InChI is InChI=1S/C17H26FN3O2/c1-5-6-11-19-15(22)12-21(4)17(23)16(20(2)3)13-7-9-14(18)10-8-13/h7-10,16H,5-6,11-12H2,1-4H3,(H,19,22)/t16-/m1/s1. The van der Waals surface area contributed by atoms with Crippen molar-refractivity contribution in [2.24, 2.45) is 0 Å². The second-order valence-electron chi connectivity index (χ2n) is 5.82. The van der Waals surface area contributed by atoms with Crippen LogP contribution in [0.5, 0.6) is 0 Å². The molecule has 0 aliphatic rings. The number of rotatable bonds is 8. The molecule has 0 aliphatic heterocycles. The smallest absolute Gasteiger partial charge is 0.244 e. The summed E-state index contributed by atoms with van der Waals surface area (Å²) in [5.41, 5.74) is 0.694. The van der Waals surface area contributed by atoms with Gasteiger partial charge >= 0.3 is 0 Å². The summed E-state index contributed by atoms with van der Waals surface area (Å²) in [5.74, 6) is -0.722. The number of carbonyl (C=O) groups excluding carboxylic acids is 2. The van der Waals surface area contributed by atoms with Crippen LogP contribution in [0.2, 0.25) is 0 Å². The van der Waals surface area contributed by atoms with Crippen LogP contribution in [0.1, 0.15) is 31.4 Å². The minimum absolute atomic E-state index is 0.00802. The summed E-state index contributed by atoms with van der Waals surface area (Å²) in [7, 11) is 5.16. The third-order valence-electron chi connectivity index (χ3n) is 3.55. The Labute approximate surface area is 137 Å². The Morgan fingerprint density at radius 2 is 1.78 bits per heavy atom. The molecule has 0 radical (unpaired) electrons. The molecule has 0 bridgehead atoms. The highest BCUT2D eigenvalue weighted by Crippen LogP contribution is 2.20. The summed E-state index contributed by atoms with van der Waals surface area (Å²) < 4.78 is 13.1. The number of likely N-dealkylation sites (N-methyl/N-ethyl adjacent to an activating group) is 2. The van der Waals surface area contributed by atoms with Gasteiger partial charge in [-0.15, -0.1) is 0 Å². The molecule has 0 aromatic heterocycles. The van der Waals surface area contributed by atoms with Crippen molar-refractivity contribution in [3.63, 3.8) is 0 Å². The summed E-state index contributed by atoms with van der Waals surface area (Å²) in [6, 6.07) is 5.29. The van der Waals surface area contributed by atoms with Crippen LogP contribution < -0.4 is 5.32 Å². The number of hydrogen-bond donors (Lipinski definition) is 1. The Balaban J connectivity index is 2.73. The van der Waals surface area contributed by atoms with Gasteiger partial charge in [0.2, 0.25) is 11.8 Å². The summed E-state index contributed by atoms with van der Waals surface area (Å²) in [6.45, 7) is 2.67. The van der Waals surface area contributed by atoms with Gasteiger partial charge in [0, 0.05) is 13.6 Å². The summed E-state index contributed by atoms with van der Waals surface area (Å²) in [4.78, 5) is 27.6. The second kappa shape index (κ2) is 9.25. The highest BCUT2D eigenvalue weighted by Gasteiger charge is 2.26. The average Bonchev–Trinajstić information content (AvgIpc) is 2.49. The largest absolute Gasteiger partial charge is 0.355 e. The van der Waals surface area contributed by atoms with Crippen LogP contribution in [0.15, 0.2) is 24.3 Å². The SMILES string of the molecule is CCCCNC(=O)CN(C)C(=O)[C@@H](c1ccc(F)cc1)N(C)C. The van der Waals surface area contributed by atoms with Gasteiger partial charge in [-0.05, 0) is 38.2 Å². The Morgan fingerprint density at radius 1 is 1.17 bits per heavy atom. The zero-order chi connectivity index (χ0) is 17.4. The molecule has 0 aliphatic carbocycles. The summed E-state index contributed by atoms with van der Waals surface area (Å²) in [5, 5.41) is 2.79. The molecule has 23 heavy (non-hydrogen) atoms. The number of benzene rings is 1. The fourth-order valence-electron chi connectivity index (χ4n) is 2.27. The molecule has 6 heteroatoms. The van der Waals surface area contributed by atoms with Crippen molar-refractivity contribution in [1.82, 2.24) is 15.1 Å². The fourth-order valence-corrected chi connectivity index (χ4v) is 2.27. The van der Waals surface area contributed by atoms with Crippen LogP contribution in [0.25, 0.3) is 0 Å². The molecule has 5 nitrogen and oxygen atoms in total. The van der Waals surface area contributed by atoms with E-state index in [1.54, 1.807) is 38.2 Å². The van der Waals surface area contributed by atoms with Gasteiger partial charge < -0.3 is 10.2 Å². The Bertz CT molecular complexity index is 517. The maximum atomic E-state index is 13.1. The van der Waals surface area contributed by atoms with Gasteiger partial charge in [-0.1, -0.05) is 25.5 Å². The van der Waals surface area contributed by atoms with Gasteiger partial charge in [-0.25, -0.2) is 4.39 Å². The van der Waals surface area contributed by atoms with E-state index in [1.807, 2.05) is 6.92 Å². The maximum Gasteiger partial charge on any atom is 0.244 e. The lowest BCUT2D eigenvalue weighted by Crippen LogP contribution is -2.43. The summed E-state index contributed by atoms with van der Waals surface area (Å²) in [6.07, 6.45) is 1.92. The van der Waals surface area contributed by atoms with Crippen LogP contribution >= 0.6 is 0 Å². The van der Waals surface area contributed by atoms with Gasteiger partial charge in [0.1, 0.15) is 11.9 Å². The van der Waals surface area contributed by atoms with Crippen LogP contribution in [-0.2, 0) is 9.59 Å². The van der Waals surface area contributed by atoms with Crippen LogP contribution in [0.3, 0.4) is 0 Å². The lowest BCUT2D eigenvalue weighted by Gasteiger charge is -2.28. The molecule has 2 amide bonds. The first kappa shape index (κ1) is 19.1. The van der Waals surface area contributed by atoms with Crippen molar-refractivity contribution in [2.75, 3.05) is 34.2 Å². The van der Waals surface area contributed by atoms with E-state index in [4.69, 9.17) is 0 Å². The van der Waals surface area contributed by atoms with Gasteiger partial charge in [0.05, 0.1) is 6.54 Å². The lowest BCUT2D eigenvalue weighted by atomic mass is 10.0. The predicted molar refractivity (Wildman–Crippen MR) is 88.4 cm³/mol. The number of halogens is 1. The van der Waals surface area contributed by atoms with Crippen LogP contribution in [0, 0.1) is 5.82 Å². The molecular formula is C17H26FN3O2. The highest BCUT2D eigenvalue weighted by atomic mass is 19.1. The zero-order valence-electron chi connectivity index (χ0n) is 14.3. The number of nitrogens with one attached hydrogen (secondary N) is 1. The molecule has 1 aromatic carbocycles. The molecule has 0 heterocycles. The number of unbranched alkanes of at least 4 members (excludes halogenated alkanes) is 1. The average molecular weight is 323 g/mol.